The number of anilines is 1. The van der Waals surface area contributed by atoms with Crippen molar-refractivity contribution in [2.45, 2.75) is 38.6 Å². The lowest BCUT2D eigenvalue weighted by molar-refractivity contribution is 0.482. The van der Waals surface area contributed by atoms with Crippen LogP contribution in [0.4, 0.5) is 10.1 Å². The van der Waals surface area contributed by atoms with Crippen molar-refractivity contribution in [3.63, 3.8) is 0 Å². The lowest BCUT2D eigenvalue weighted by Gasteiger charge is -2.21. The minimum absolute atomic E-state index is 0.168. The Hall–Kier alpha value is -1.05. The molecule has 0 heterocycles. The van der Waals surface area contributed by atoms with E-state index in [1.165, 1.54) is 31.7 Å². The van der Waals surface area contributed by atoms with Crippen molar-refractivity contribution in [1.82, 2.24) is 0 Å². The summed E-state index contributed by atoms with van der Waals surface area (Å²) in [6.45, 7) is 2.20. The maximum Gasteiger partial charge on any atom is 0.125 e. The molecule has 82 valence electrons. The SMILES string of the molecule is CC(Nc1cccc(F)c1)C1CCCC1. The van der Waals surface area contributed by atoms with Gasteiger partial charge in [-0.3, -0.25) is 0 Å². The van der Waals surface area contributed by atoms with Gasteiger partial charge in [-0.1, -0.05) is 18.9 Å². The topological polar surface area (TPSA) is 12.0 Å². The van der Waals surface area contributed by atoms with Crippen molar-refractivity contribution in [2.75, 3.05) is 5.32 Å². The van der Waals surface area contributed by atoms with Crippen LogP contribution < -0.4 is 5.32 Å². The summed E-state index contributed by atoms with van der Waals surface area (Å²) in [6.07, 6.45) is 5.31. The third kappa shape index (κ3) is 2.71. The molecule has 0 spiro atoms. The summed E-state index contributed by atoms with van der Waals surface area (Å²) < 4.78 is 13.0. The van der Waals surface area contributed by atoms with E-state index >= 15 is 0 Å². The van der Waals surface area contributed by atoms with Crippen LogP contribution in [-0.4, -0.2) is 6.04 Å². The third-order valence-electron chi connectivity index (χ3n) is 3.33. The molecule has 2 heteroatoms. The van der Waals surface area contributed by atoms with Gasteiger partial charge in [0, 0.05) is 11.7 Å². The normalized spacial score (nSPS) is 19.1. The van der Waals surface area contributed by atoms with E-state index in [1.54, 1.807) is 12.1 Å². The Morgan fingerprint density at radius 2 is 2.07 bits per heavy atom. The molecule has 1 aliphatic rings. The second kappa shape index (κ2) is 4.65. The fraction of sp³-hybridized carbons (Fsp3) is 0.538. The molecule has 1 aromatic carbocycles. The van der Waals surface area contributed by atoms with Crippen molar-refractivity contribution in [3.8, 4) is 0 Å². The highest BCUT2D eigenvalue weighted by Gasteiger charge is 2.21. The Labute approximate surface area is 90.7 Å². The molecule has 1 fully saturated rings. The van der Waals surface area contributed by atoms with Crippen LogP contribution in [0, 0.1) is 11.7 Å². The first-order valence-electron chi connectivity index (χ1n) is 5.78. The molecule has 1 saturated carbocycles. The predicted molar refractivity (Wildman–Crippen MR) is 61.4 cm³/mol. The van der Waals surface area contributed by atoms with Crippen LogP contribution in [0.3, 0.4) is 0 Å². The van der Waals surface area contributed by atoms with Crippen molar-refractivity contribution < 1.29 is 4.39 Å². The van der Waals surface area contributed by atoms with E-state index in [-0.39, 0.29) is 5.82 Å². The number of rotatable bonds is 3. The zero-order chi connectivity index (χ0) is 10.7. The molecular formula is C13H18FN. The number of hydrogen-bond donors (Lipinski definition) is 1. The Morgan fingerprint density at radius 3 is 2.73 bits per heavy atom. The Bertz CT molecular complexity index is 318. The average molecular weight is 207 g/mol. The maximum absolute atomic E-state index is 13.0. The average Bonchev–Trinajstić information content (AvgIpc) is 2.70. The number of benzene rings is 1. The lowest BCUT2D eigenvalue weighted by atomic mass is 9.99. The van der Waals surface area contributed by atoms with Crippen molar-refractivity contribution in [1.29, 1.82) is 0 Å². The van der Waals surface area contributed by atoms with Crippen molar-refractivity contribution in [3.05, 3.63) is 30.1 Å². The summed E-state index contributed by atoms with van der Waals surface area (Å²) >= 11 is 0. The minimum Gasteiger partial charge on any atom is -0.382 e. The number of hydrogen-bond acceptors (Lipinski definition) is 1. The van der Waals surface area contributed by atoms with E-state index in [4.69, 9.17) is 0 Å². The molecule has 15 heavy (non-hydrogen) atoms. The predicted octanol–water partition coefficient (Wildman–Crippen LogP) is 3.82. The largest absolute Gasteiger partial charge is 0.382 e. The van der Waals surface area contributed by atoms with Gasteiger partial charge >= 0.3 is 0 Å². The van der Waals surface area contributed by atoms with Gasteiger partial charge in [0.2, 0.25) is 0 Å². The van der Waals surface area contributed by atoms with Gasteiger partial charge in [0.05, 0.1) is 0 Å². The van der Waals surface area contributed by atoms with Crippen molar-refractivity contribution in [2.24, 2.45) is 5.92 Å². The van der Waals surface area contributed by atoms with Crippen LogP contribution in [0.25, 0.3) is 0 Å². The van der Waals surface area contributed by atoms with Gasteiger partial charge in [0.15, 0.2) is 0 Å². The van der Waals surface area contributed by atoms with E-state index in [2.05, 4.69) is 12.2 Å². The van der Waals surface area contributed by atoms with Gasteiger partial charge in [-0.05, 0) is 43.9 Å². The molecule has 0 amide bonds. The van der Waals surface area contributed by atoms with Crippen LogP contribution in [0.1, 0.15) is 32.6 Å². The van der Waals surface area contributed by atoms with Gasteiger partial charge in [0.25, 0.3) is 0 Å². The molecule has 1 aromatic rings. The molecule has 1 N–H and O–H groups in total. The molecule has 0 aliphatic heterocycles. The zero-order valence-corrected chi connectivity index (χ0v) is 9.17. The van der Waals surface area contributed by atoms with E-state index in [0.717, 1.165) is 11.6 Å². The molecule has 1 atom stereocenters. The summed E-state index contributed by atoms with van der Waals surface area (Å²) in [5, 5.41) is 3.38. The molecule has 1 unspecified atom stereocenters. The first-order chi connectivity index (χ1) is 7.25. The van der Waals surface area contributed by atoms with Crippen LogP contribution >= 0.6 is 0 Å². The molecular weight excluding hydrogens is 189 g/mol. The monoisotopic (exact) mass is 207 g/mol. The highest BCUT2D eigenvalue weighted by Crippen LogP contribution is 2.29. The number of halogens is 1. The zero-order valence-electron chi connectivity index (χ0n) is 9.17. The first-order valence-corrected chi connectivity index (χ1v) is 5.78. The Balaban J connectivity index is 1.95. The van der Waals surface area contributed by atoms with E-state index in [0.29, 0.717) is 6.04 Å². The van der Waals surface area contributed by atoms with Crippen LogP contribution in [0.5, 0.6) is 0 Å². The maximum atomic E-state index is 13.0. The third-order valence-corrected chi connectivity index (χ3v) is 3.33. The van der Waals surface area contributed by atoms with Crippen molar-refractivity contribution >= 4 is 5.69 Å². The van der Waals surface area contributed by atoms with Crippen LogP contribution in [0.15, 0.2) is 24.3 Å². The quantitative estimate of drug-likeness (QED) is 0.794. The van der Waals surface area contributed by atoms with Crippen LogP contribution in [-0.2, 0) is 0 Å². The molecule has 0 aromatic heterocycles. The van der Waals surface area contributed by atoms with Crippen LogP contribution in [0.2, 0.25) is 0 Å². The molecule has 0 bridgehead atoms. The summed E-state index contributed by atoms with van der Waals surface area (Å²) in [5.74, 6) is 0.590. The number of nitrogens with one attached hydrogen (secondary N) is 1. The van der Waals surface area contributed by atoms with Gasteiger partial charge in [-0.2, -0.15) is 0 Å². The second-order valence-electron chi connectivity index (χ2n) is 4.49. The molecule has 2 rings (SSSR count). The van der Waals surface area contributed by atoms with Gasteiger partial charge in [-0.25, -0.2) is 4.39 Å². The molecule has 0 saturated heterocycles. The van der Waals surface area contributed by atoms with E-state index in [1.807, 2.05) is 6.07 Å². The van der Waals surface area contributed by atoms with E-state index in [9.17, 15) is 4.39 Å². The standard InChI is InChI=1S/C13H18FN/c1-10(11-5-2-3-6-11)15-13-8-4-7-12(14)9-13/h4,7-11,15H,2-3,5-6H2,1H3. The smallest absolute Gasteiger partial charge is 0.125 e. The first kappa shape index (κ1) is 10.5. The lowest BCUT2D eigenvalue weighted by Crippen LogP contribution is -2.23. The Kier molecular flexibility index (Phi) is 3.24. The molecule has 1 nitrogen and oxygen atoms in total. The van der Waals surface area contributed by atoms with E-state index < -0.39 is 0 Å². The highest BCUT2D eigenvalue weighted by molar-refractivity contribution is 5.43. The fourth-order valence-electron chi connectivity index (χ4n) is 2.42. The van der Waals surface area contributed by atoms with Gasteiger partial charge in [0.1, 0.15) is 5.82 Å². The van der Waals surface area contributed by atoms with Gasteiger partial charge < -0.3 is 5.32 Å². The minimum atomic E-state index is -0.168. The summed E-state index contributed by atoms with van der Waals surface area (Å²) in [7, 11) is 0. The second-order valence-corrected chi connectivity index (χ2v) is 4.49. The summed E-state index contributed by atoms with van der Waals surface area (Å²) in [5.41, 5.74) is 0.898. The summed E-state index contributed by atoms with van der Waals surface area (Å²) in [6, 6.07) is 7.17. The Morgan fingerprint density at radius 1 is 1.33 bits per heavy atom. The summed E-state index contributed by atoms with van der Waals surface area (Å²) in [4.78, 5) is 0. The molecule has 0 radical (unpaired) electrons. The fourth-order valence-corrected chi connectivity index (χ4v) is 2.42. The molecule has 1 aliphatic carbocycles. The van der Waals surface area contributed by atoms with Gasteiger partial charge in [-0.15, -0.1) is 0 Å². The highest BCUT2D eigenvalue weighted by atomic mass is 19.1.